The van der Waals surface area contributed by atoms with Gasteiger partial charge in [0.2, 0.25) is 0 Å². The zero-order chi connectivity index (χ0) is 18.8. The summed E-state index contributed by atoms with van der Waals surface area (Å²) in [5, 5.41) is 5.18. The van der Waals surface area contributed by atoms with Crippen LogP contribution in [-0.2, 0) is 6.42 Å². The minimum Gasteiger partial charge on any atom is -0.364 e. The normalized spacial score (nSPS) is 12.2. The van der Waals surface area contributed by atoms with Crippen molar-refractivity contribution in [3.05, 3.63) is 83.7 Å². The van der Waals surface area contributed by atoms with Crippen LogP contribution in [0.3, 0.4) is 0 Å². The van der Waals surface area contributed by atoms with Gasteiger partial charge in [-0.2, -0.15) is 0 Å². The molecular formula is C21H18N4O2. The Morgan fingerprint density at radius 2 is 1.78 bits per heavy atom. The highest BCUT2D eigenvalue weighted by atomic mass is 16.5. The standard InChI is InChI=1S/C21H18N4O2/c22-17(12-13-6-5-10-18(24-13)21(23)26)14-7-1-2-8-15(14)20-16-9-3-4-11-19(16)27-25-20/h1-11,17H,12,22H2,(H2,23,26)/t17-/m0/s1. The first kappa shape index (κ1) is 16.9. The topological polar surface area (TPSA) is 108 Å². The molecule has 0 unspecified atom stereocenters. The van der Waals surface area contributed by atoms with E-state index in [0.717, 1.165) is 27.8 Å². The molecule has 2 aromatic heterocycles. The van der Waals surface area contributed by atoms with Crippen molar-refractivity contribution in [2.45, 2.75) is 12.5 Å². The van der Waals surface area contributed by atoms with Crippen molar-refractivity contribution in [1.29, 1.82) is 0 Å². The predicted molar refractivity (Wildman–Crippen MR) is 103 cm³/mol. The summed E-state index contributed by atoms with van der Waals surface area (Å²) in [7, 11) is 0. The predicted octanol–water partition coefficient (Wildman–Crippen LogP) is 3.23. The van der Waals surface area contributed by atoms with Crippen LogP contribution in [0.1, 0.15) is 27.8 Å². The Morgan fingerprint density at radius 3 is 2.63 bits per heavy atom. The monoisotopic (exact) mass is 358 g/mol. The first-order chi connectivity index (χ1) is 13.1. The van der Waals surface area contributed by atoms with E-state index in [4.69, 9.17) is 16.0 Å². The van der Waals surface area contributed by atoms with Gasteiger partial charge in [-0.25, -0.2) is 4.98 Å². The van der Waals surface area contributed by atoms with Gasteiger partial charge in [-0.15, -0.1) is 0 Å². The highest BCUT2D eigenvalue weighted by Crippen LogP contribution is 2.33. The third-order valence-corrected chi connectivity index (χ3v) is 4.48. The van der Waals surface area contributed by atoms with Gasteiger partial charge in [-0.1, -0.05) is 47.6 Å². The first-order valence-corrected chi connectivity index (χ1v) is 8.58. The van der Waals surface area contributed by atoms with Gasteiger partial charge in [0.15, 0.2) is 5.58 Å². The molecule has 2 aromatic carbocycles. The number of hydrogen-bond donors (Lipinski definition) is 2. The summed E-state index contributed by atoms with van der Waals surface area (Å²) in [4.78, 5) is 15.6. The minimum atomic E-state index is -0.556. The van der Waals surface area contributed by atoms with Crippen LogP contribution < -0.4 is 11.5 Å². The number of para-hydroxylation sites is 1. The second-order valence-electron chi connectivity index (χ2n) is 6.30. The van der Waals surface area contributed by atoms with Crippen LogP contribution >= 0.6 is 0 Å². The summed E-state index contributed by atoms with van der Waals surface area (Å²) < 4.78 is 5.44. The number of primary amides is 1. The summed E-state index contributed by atoms with van der Waals surface area (Å²) in [6, 6.07) is 20.4. The Bertz CT molecular complexity index is 1120. The molecule has 0 aliphatic carbocycles. The average molecular weight is 358 g/mol. The maximum Gasteiger partial charge on any atom is 0.267 e. The highest BCUT2D eigenvalue weighted by molar-refractivity contribution is 5.92. The van der Waals surface area contributed by atoms with Gasteiger partial charge in [0.25, 0.3) is 5.91 Å². The lowest BCUT2D eigenvalue weighted by Crippen LogP contribution is -2.18. The Morgan fingerprint density at radius 1 is 1.00 bits per heavy atom. The number of nitrogens with two attached hydrogens (primary N) is 2. The van der Waals surface area contributed by atoms with Gasteiger partial charge in [0.1, 0.15) is 11.4 Å². The van der Waals surface area contributed by atoms with E-state index in [1.807, 2.05) is 54.6 Å². The van der Waals surface area contributed by atoms with Gasteiger partial charge >= 0.3 is 0 Å². The van der Waals surface area contributed by atoms with Crippen molar-refractivity contribution in [2.24, 2.45) is 11.5 Å². The molecule has 4 aromatic rings. The second kappa shape index (κ2) is 7.01. The molecule has 0 saturated heterocycles. The number of nitrogens with zero attached hydrogens (tertiary/aromatic N) is 2. The van der Waals surface area contributed by atoms with Gasteiger partial charge in [-0.05, 0) is 29.8 Å². The van der Waals surface area contributed by atoms with Crippen molar-refractivity contribution in [1.82, 2.24) is 10.1 Å². The largest absolute Gasteiger partial charge is 0.364 e. The van der Waals surface area contributed by atoms with E-state index in [2.05, 4.69) is 10.1 Å². The van der Waals surface area contributed by atoms with E-state index in [1.54, 1.807) is 12.1 Å². The molecule has 1 atom stereocenters. The third-order valence-electron chi connectivity index (χ3n) is 4.48. The lowest BCUT2D eigenvalue weighted by Gasteiger charge is -2.15. The fourth-order valence-corrected chi connectivity index (χ4v) is 3.18. The second-order valence-corrected chi connectivity index (χ2v) is 6.30. The lowest BCUT2D eigenvalue weighted by atomic mass is 9.94. The maximum atomic E-state index is 11.4. The van der Waals surface area contributed by atoms with E-state index >= 15 is 0 Å². The molecule has 0 aliphatic rings. The first-order valence-electron chi connectivity index (χ1n) is 8.58. The highest BCUT2D eigenvalue weighted by Gasteiger charge is 2.18. The SMILES string of the molecule is NC(=O)c1cccc(C[C@H](N)c2ccccc2-c2noc3ccccc23)n1. The number of carbonyl (C=O) groups is 1. The number of rotatable bonds is 5. The van der Waals surface area contributed by atoms with Crippen molar-refractivity contribution >= 4 is 16.9 Å². The van der Waals surface area contributed by atoms with E-state index in [9.17, 15) is 4.79 Å². The summed E-state index contributed by atoms with van der Waals surface area (Å²) in [5.74, 6) is -0.556. The van der Waals surface area contributed by atoms with Crippen molar-refractivity contribution in [3.63, 3.8) is 0 Å². The van der Waals surface area contributed by atoms with E-state index in [1.165, 1.54) is 0 Å². The summed E-state index contributed by atoms with van der Waals surface area (Å²) in [6.45, 7) is 0. The number of fused-ring (bicyclic) bond motifs is 1. The van der Waals surface area contributed by atoms with Gasteiger partial charge in [0.05, 0.1) is 0 Å². The number of amides is 1. The molecule has 27 heavy (non-hydrogen) atoms. The fourth-order valence-electron chi connectivity index (χ4n) is 3.18. The minimum absolute atomic E-state index is 0.232. The summed E-state index contributed by atoms with van der Waals surface area (Å²) in [5.41, 5.74) is 16.1. The van der Waals surface area contributed by atoms with E-state index in [-0.39, 0.29) is 11.7 Å². The molecule has 0 spiro atoms. The van der Waals surface area contributed by atoms with Gasteiger partial charge in [0, 0.05) is 29.1 Å². The number of hydrogen-bond acceptors (Lipinski definition) is 5. The Kier molecular flexibility index (Phi) is 4.40. The Balaban J connectivity index is 1.71. The third kappa shape index (κ3) is 3.30. The van der Waals surface area contributed by atoms with Gasteiger partial charge in [-0.3, -0.25) is 4.79 Å². The molecule has 2 heterocycles. The van der Waals surface area contributed by atoms with Crippen LogP contribution in [0.2, 0.25) is 0 Å². The zero-order valence-electron chi connectivity index (χ0n) is 14.5. The molecule has 0 bridgehead atoms. The molecule has 6 heteroatoms. The Hall–Kier alpha value is -3.51. The number of pyridine rings is 1. The van der Waals surface area contributed by atoms with Crippen LogP contribution in [0.25, 0.3) is 22.2 Å². The summed E-state index contributed by atoms with van der Waals surface area (Å²) in [6.07, 6.45) is 0.466. The number of aromatic nitrogens is 2. The number of carbonyl (C=O) groups excluding carboxylic acids is 1. The smallest absolute Gasteiger partial charge is 0.267 e. The van der Waals surface area contributed by atoms with E-state index in [0.29, 0.717) is 12.1 Å². The molecule has 0 aliphatic heterocycles. The quantitative estimate of drug-likeness (QED) is 0.569. The van der Waals surface area contributed by atoms with E-state index < -0.39 is 5.91 Å². The maximum absolute atomic E-state index is 11.4. The molecule has 6 nitrogen and oxygen atoms in total. The van der Waals surface area contributed by atoms with Crippen molar-refractivity contribution in [2.75, 3.05) is 0 Å². The lowest BCUT2D eigenvalue weighted by molar-refractivity contribution is 0.0995. The Labute approximate surface area is 155 Å². The molecule has 0 fully saturated rings. The van der Waals surface area contributed by atoms with Crippen LogP contribution in [0, 0.1) is 0 Å². The molecule has 4 rings (SSSR count). The molecule has 1 amide bonds. The molecule has 0 radical (unpaired) electrons. The molecule has 134 valence electrons. The average Bonchev–Trinajstić information content (AvgIpc) is 3.12. The van der Waals surface area contributed by atoms with Crippen molar-refractivity contribution < 1.29 is 9.32 Å². The number of benzene rings is 2. The van der Waals surface area contributed by atoms with Crippen LogP contribution in [0.4, 0.5) is 0 Å². The van der Waals surface area contributed by atoms with Crippen LogP contribution in [-0.4, -0.2) is 16.0 Å². The van der Waals surface area contributed by atoms with Gasteiger partial charge < -0.3 is 16.0 Å². The molecular weight excluding hydrogens is 340 g/mol. The fraction of sp³-hybridized carbons (Fsp3) is 0.0952. The van der Waals surface area contributed by atoms with Crippen LogP contribution in [0.15, 0.2) is 71.3 Å². The molecule has 0 saturated carbocycles. The summed E-state index contributed by atoms with van der Waals surface area (Å²) >= 11 is 0. The molecule has 4 N–H and O–H groups in total. The van der Waals surface area contributed by atoms with Crippen molar-refractivity contribution in [3.8, 4) is 11.3 Å². The zero-order valence-corrected chi connectivity index (χ0v) is 14.5. The van der Waals surface area contributed by atoms with Crippen LogP contribution in [0.5, 0.6) is 0 Å².